The summed E-state index contributed by atoms with van der Waals surface area (Å²) in [6, 6.07) is 3.56. The summed E-state index contributed by atoms with van der Waals surface area (Å²) >= 11 is 0. The molecule has 1 aromatic heterocycles. The molecule has 5 heteroatoms. The first-order valence-electron chi connectivity index (χ1n) is 5.99. The van der Waals surface area contributed by atoms with Gasteiger partial charge in [-0.1, -0.05) is 0 Å². The van der Waals surface area contributed by atoms with Gasteiger partial charge in [0, 0.05) is 39.3 Å². The van der Waals surface area contributed by atoms with Crippen molar-refractivity contribution in [3.63, 3.8) is 0 Å². The number of hydrogen-bond donors (Lipinski definition) is 1. The van der Waals surface area contributed by atoms with Crippen molar-refractivity contribution in [2.75, 3.05) is 39.3 Å². The van der Waals surface area contributed by atoms with Gasteiger partial charge in [0.2, 0.25) is 0 Å². The van der Waals surface area contributed by atoms with Crippen LogP contribution < -0.4 is 5.73 Å². The smallest absolute Gasteiger partial charge is 0.289 e. The van der Waals surface area contributed by atoms with Crippen molar-refractivity contribution in [2.24, 2.45) is 5.73 Å². The molecule has 17 heavy (non-hydrogen) atoms. The summed E-state index contributed by atoms with van der Waals surface area (Å²) in [4.78, 5) is 16.2. The van der Waals surface area contributed by atoms with Crippen LogP contribution in [0.3, 0.4) is 0 Å². The molecular formula is C12H19N3O2. The second kappa shape index (κ2) is 5.33. The number of hydrogen-bond acceptors (Lipinski definition) is 4. The summed E-state index contributed by atoms with van der Waals surface area (Å²) < 4.78 is 5.35. The molecule has 0 radical (unpaired) electrons. The van der Waals surface area contributed by atoms with Crippen LogP contribution in [0.1, 0.15) is 16.3 Å². The predicted octanol–water partition coefficient (Wildman–Crippen LogP) is 0.305. The first-order chi connectivity index (χ1) is 8.20. The van der Waals surface area contributed by atoms with E-state index in [1.807, 2.05) is 17.9 Å². The molecule has 1 saturated heterocycles. The van der Waals surface area contributed by atoms with Gasteiger partial charge in [-0.25, -0.2) is 0 Å². The van der Waals surface area contributed by atoms with E-state index in [9.17, 15) is 4.79 Å². The third-order valence-corrected chi connectivity index (χ3v) is 3.06. The molecule has 0 saturated carbocycles. The summed E-state index contributed by atoms with van der Waals surface area (Å²) in [5.74, 6) is 1.20. The van der Waals surface area contributed by atoms with Crippen LogP contribution in [0.25, 0.3) is 0 Å². The molecule has 0 atom stereocenters. The molecule has 0 unspecified atom stereocenters. The highest BCUT2D eigenvalue weighted by atomic mass is 16.3. The molecular weight excluding hydrogens is 218 g/mol. The van der Waals surface area contributed by atoms with Gasteiger partial charge >= 0.3 is 0 Å². The Bertz CT molecular complexity index is 381. The lowest BCUT2D eigenvalue weighted by atomic mass is 10.3. The number of furan rings is 1. The Kier molecular flexibility index (Phi) is 3.81. The molecule has 2 heterocycles. The molecule has 1 fully saturated rings. The van der Waals surface area contributed by atoms with Gasteiger partial charge in [-0.2, -0.15) is 0 Å². The van der Waals surface area contributed by atoms with Gasteiger partial charge in [-0.05, 0) is 19.1 Å². The lowest BCUT2D eigenvalue weighted by molar-refractivity contribution is 0.0608. The lowest BCUT2D eigenvalue weighted by Gasteiger charge is -2.33. The van der Waals surface area contributed by atoms with Crippen LogP contribution in [0.2, 0.25) is 0 Å². The molecule has 1 aromatic rings. The Labute approximate surface area is 101 Å². The van der Waals surface area contributed by atoms with Gasteiger partial charge in [-0.3, -0.25) is 9.69 Å². The van der Waals surface area contributed by atoms with Crippen molar-refractivity contribution in [3.8, 4) is 0 Å². The van der Waals surface area contributed by atoms with E-state index >= 15 is 0 Å². The minimum Gasteiger partial charge on any atom is -0.456 e. The van der Waals surface area contributed by atoms with Crippen molar-refractivity contribution in [1.82, 2.24) is 9.80 Å². The lowest BCUT2D eigenvalue weighted by Crippen LogP contribution is -2.49. The Balaban J connectivity index is 1.90. The molecule has 1 aliphatic rings. The van der Waals surface area contributed by atoms with E-state index in [4.69, 9.17) is 10.2 Å². The highest BCUT2D eigenvalue weighted by molar-refractivity contribution is 5.91. The van der Waals surface area contributed by atoms with Crippen LogP contribution in [0.15, 0.2) is 16.5 Å². The van der Waals surface area contributed by atoms with Gasteiger partial charge in [0.25, 0.3) is 5.91 Å². The summed E-state index contributed by atoms with van der Waals surface area (Å²) in [5.41, 5.74) is 5.51. The third-order valence-electron chi connectivity index (χ3n) is 3.06. The number of carbonyl (C=O) groups excluding carboxylic acids is 1. The minimum atomic E-state index is -0.00880. The van der Waals surface area contributed by atoms with Gasteiger partial charge in [0.1, 0.15) is 5.76 Å². The zero-order valence-electron chi connectivity index (χ0n) is 10.2. The van der Waals surface area contributed by atoms with E-state index in [1.54, 1.807) is 6.07 Å². The molecule has 2 rings (SSSR count). The first kappa shape index (κ1) is 12.1. The van der Waals surface area contributed by atoms with Gasteiger partial charge in [-0.15, -0.1) is 0 Å². The molecule has 94 valence electrons. The number of carbonyl (C=O) groups is 1. The van der Waals surface area contributed by atoms with Crippen molar-refractivity contribution in [1.29, 1.82) is 0 Å². The molecule has 2 N–H and O–H groups in total. The Morgan fingerprint density at radius 1 is 1.35 bits per heavy atom. The Morgan fingerprint density at radius 2 is 2.06 bits per heavy atom. The van der Waals surface area contributed by atoms with Crippen LogP contribution >= 0.6 is 0 Å². The van der Waals surface area contributed by atoms with Gasteiger partial charge in [0.05, 0.1) is 0 Å². The predicted molar refractivity (Wildman–Crippen MR) is 64.8 cm³/mol. The van der Waals surface area contributed by atoms with Gasteiger partial charge in [0.15, 0.2) is 5.76 Å². The highest BCUT2D eigenvalue weighted by Crippen LogP contribution is 2.11. The van der Waals surface area contributed by atoms with Crippen molar-refractivity contribution < 1.29 is 9.21 Å². The van der Waals surface area contributed by atoms with Crippen LogP contribution in [0.5, 0.6) is 0 Å². The zero-order chi connectivity index (χ0) is 12.3. The molecule has 1 amide bonds. The minimum absolute atomic E-state index is 0.00880. The summed E-state index contributed by atoms with van der Waals surface area (Å²) in [6.07, 6.45) is 0. The first-order valence-corrected chi connectivity index (χ1v) is 5.99. The second-order valence-electron chi connectivity index (χ2n) is 4.33. The Morgan fingerprint density at radius 3 is 2.59 bits per heavy atom. The molecule has 5 nitrogen and oxygen atoms in total. The molecule has 0 aromatic carbocycles. The van der Waals surface area contributed by atoms with Crippen molar-refractivity contribution >= 4 is 5.91 Å². The van der Waals surface area contributed by atoms with Crippen LogP contribution in [0.4, 0.5) is 0 Å². The van der Waals surface area contributed by atoms with E-state index in [0.717, 1.165) is 38.5 Å². The standard InChI is InChI=1S/C12H19N3O2/c1-10-2-3-11(17-10)12(16)15-8-6-14(5-4-13)7-9-15/h2-3H,4-9,13H2,1H3. The molecule has 1 aliphatic heterocycles. The van der Waals surface area contributed by atoms with Crippen LogP contribution in [-0.4, -0.2) is 55.0 Å². The van der Waals surface area contributed by atoms with E-state index in [-0.39, 0.29) is 5.91 Å². The number of amides is 1. The highest BCUT2D eigenvalue weighted by Gasteiger charge is 2.23. The summed E-state index contributed by atoms with van der Waals surface area (Å²) in [5, 5.41) is 0. The normalized spacial score (nSPS) is 17.4. The fourth-order valence-corrected chi connectivity index (χ4v) is 2.06. The van der Waals surface area contributed by atoms with Crippen molar-refractivity contribution in [3.05, 3.63) is 23.7 Å². The number of rotatable bonds is 3. The van der Waals surface area contributed by atoms with Crippen molar-refractivity contribution in [2.45, 2.75) is 6.92 Å². The fraction of sp³-hybridized carbons (Fsp3) is 0.583. The maximum absolute atomic E-state index is 12.1. The maximum atomic E-state index is 12.1. The quantitative estimate of drug-likeness (QED) is 0.821. The average Bonchev–Trinajstić information content (AvgIpc) is 2.76. The number of nitrogens with zero attached hydrogens (tertiary/aromatic N) is 2. The topological polar surface area (TPSA) is 62.7 Å². The van der Waals surface area contributed by atoms with Gasteiger partial charge < -0.3 is 15.1 Å². The fourth-order valence-electron chi connectivity index (χ4n) is 2.06. The molecule has 0 spiro atoms. The monoisotopic (exact) mass is 237 g/mol. The third kappa shape index (κ3) is 2.87. The van der Waals surface area contributed by atoms with Crippen LogP contribution in [-0.2, 0) is 0 Å². The number of nitrogens with two attached hydrogens (primary N) is 1. The summed E-state index contributed by atoms with van der Waals surface area (Å²) in [6.45, 7) is 6.70. The largest absolute Gasteiger partial charge is 0.456 e. The number of piperazine rings is 1. The molecule has 0 bridgehead atoms. The van der Waals surface area contributed by atoms with E-state index in [0.29, 0.717) is 12.3 Å². The number of aryl methyl sites for hydroxylation is 1. The SMILES string of the molecule is Cc1ccc(C(=O)N2CCN(CCN)CC2)o1. The van der Waals surface area contributed by atoms with E-state index in [2.05, 4.69) is 4.90 Å². The average molecular weight is 237 g/mol. The van der Waals surface area contributed by atoms with E-state index < -0.39 is 0 Å². The maximum Gasteiger partial charge on any atom is 0.289 e. The Hall–Kier alpha value is -1.33. The van der Waals surface area contributed by atoms with Crippen LogP contribution in [0, 0.1) is 6.92 Å². The second-order valence-corrected chi connectivity index (χ2v) is 4.33. The molecule has 0 aliphatic carbocycles. The zero-order valence-corrected chi connectivity index (χ0v) is 10.2. The van der Waals surface area contributed by atoms with E-state index in [1.165, 1.54) is 0 Å². The summed E-state index contributed by atoms with van der Waals surface area (Å²) in [7, 11) is 0.